The second kappa shape index (κ2) is 9.10. The summed E-state index contributed by atoms with van der Waals surface area (Å²) >= 11 is 0. The third-order valence-corrected chi connectivity index (χ3v) is 7.16. The minimum absolute atomic E-state index is 0. The number of nitrogens with zero attached hydrogens (tertiary/aromatic N) is 2. The summed E-state index contributed by atoms with van der Waals surface area (Å²) in [4.78, 5) is 30.3. The fourth-order valence-electron chi connectivity index (χ4n) is 5.67. The van der Waals surface area contributed by atoms with Crippen molar-refractivity contribution >= 4 is 24.2 Å². The van der Waals surface area contributed by atoms with Crippen molar-refractivity contribution in [2.75, 3.05) is 32.8 Å². The van der Waals surface area contributed by atoms with Gasteiger partial charge in [0.05, 0.1) is 13.2 Å². The zero-order chi connectivity index (χ0) is 18.1. The number of carbonyl (C=O) groups excluding carboxylic acids is 2. The zero-order valence-electron chi connectivity index (χ0n) is 16.2. The quantitative estimate of drug-likeness (QED) is 0.768. The lowest BCUT2D eigenvalue weighted by atomic mass is 9.64. The van der Waals surface area contributed by atoms with Crippen LogP contribution in [0.5, 0.6) is 0 Å². The monoisotopic (exact) mass is 399 g/mol. The van der Waals surface area contributed by atoms with E-state index in [0.29, 0.717) is 38.1 Å². The van der Waals surface area contributed by atoms with Crippen LogP contribution in [0.15, 0.2) is 0 Å². The van der Waals surface area contributed by atoms with Crippen LogP contribution in [0.3, 0.4) is 0 Å². The van der Waals surface area contributed by atoms with Gasteiger partial charge in [-0.1, -0.05) is 6.42 Å². The van der Waals surface area contributed by atoms with Crippen molar-refractivity contribution in [2.45, 2.75) is 63.5 Å². The maximum atomic E-state index is 13.4. The molecule has 2 aliphatic heterocycles. The summed E-state index contributed by atoms with van der Waals surface area (Å²) in [6.45, 7) is 3.25. The Kier molecular flexibility index (Phi) is 7.03. The maximum absolute atomic E-state index is 13.4. The fraction of sp³-hybridized carbons (Fsp3) is 0.900. The van der Waals surface area contributed by atoms with Crippen LogP contribution in [0.1, 0.15) is 51.4 Å². The Bertz CT molecular complexity index is 527. The first-order chi connectivity index (χ1) is 12.6. The summed E-state index contributed by atoms with van der Waals surface area (Å²) in [5, 5.41) is 0. The van der Waals surface area contributed by atoms with Gasteiger partial charge in [0.25, 0.3) is 0 Å². The molecule has 2 saturated heterocycles. The van der Waals surface area contributed by atoms with Gasteiger partial charge in [-0.2, -0.15) is 0 Å². The van der Waals surface area contributed by atoms with E-state index in [4.69, 9.17) is 10.5 Å². The molecule has 4 fully saturated rings. The van der Waals surface area contributed by atoms with Gasteiger partial charge in [0.2, 0.25) is 11.8 Å². The number of morpholine rings is 1. The number of amides is 2. The minimum Gasteiger partial charge on any atom is -0.378 e. The Balaban J connectivity index is 0.00000210. The lowest BCUT2D eigenvalue weighted by Gasteiger charge is -2.46. The number of likely N-dealkylation sites (tertiary alicyclic amines) is 1. The molecule has 3 atom stereocenters. The number of ether oxygens (including phenoxy) is 1. The van der Waals surface area contributed by atoms with Gasteiger partial charge in [-0.05, 0) is 56.8 Å². The van der Waals surface area contributed by atoms with Crippen molar-refractivity contribution in [3.8, 4) is 0 Å². The molecule has 2 N–H and O–H groups in total. The van der Waals surface area contributed by atoms with E-state index in [2.05, 4.69) is 0 Å². The number of nitrogens with two attached hydrogens (primary N) is 1. The lowest BCUT2D eigenvalue weighted by molar-refractivity contribution is -0.153. The van der Waals surface area contributed by atoms with E-state index in [1.165, 1.54) is 6.42 Å². The number of fused-ring (bicyclic) bond motifs is 2. The maximum Gasteiger partial charge on any atom is 0.245 e. The Morgan fingerprint density at radius 3 is 2.19 bits per heavy atom. The number of carbonyl (C=O) groups is 2. The summed E-state index contributed by atoms with van der Waals surface area (Å²) in [7, 11) is 0. The summed E-state index contributed by atoms with van der Waals surface area (Å²) in [6, 6.07) is 0.0183. The molecule has 2 bridgehead atoms. The van der Waals surface area contributed by atoms with Crippen molar-refractivity contribution in [2.24, 2.45) is 23.5 Å². The van der Waals surface area contributed by atoms with Crippen molar-refractivity contribution in [3.05, 3.63) is 0 Å². The highest BCUT2D eigenvalue weighted by Crippen LogP contribution is 2.43. The van der Waals surface area contributed by atoms with Crippen LogP contribution >= 0.6 is 12.4 Å². The average molecular weight is 400 g/mol. The predicted molar refractivity (Wildman–Crippen MR) is 106 cm³/mol. The Morgan fingerprint density at radius 2 is 1.52 bits per heavy atom. The van der Waals surface area contributed by atoms with Crippen molar-refractivity contribution in [3.63, 3.8) is 0 Å². The van der Waals surface area contributed by atoms with Crippen LogP contribution < -0.4 is 5.73 Å². The largest absolute Gasteiger partial charge is 0.378 e. The first kappa shape index (κ1) is 20.9. The SMILES string of the molecule is Cl.NC1C2CCCC1CC(C(=O)N1CCCCC1C(=O)N1CCOCC1)C2. The molecule has 2 amide bonds. The molecular formula is C20H34ClN3O3. The molecule has 0 aromatic rings. The van der Waals surface area contributed by atoms with Crippen LogP contribution in [-0.2, 0) is 14.3 Å². The van der Waals surface area contributed by atoms with E-state index in [-0.39, 0.29) is 42.2 Å². The van der Waals surface area contributed by atoms with E-state index in [9.17, 15) is 9.59 Å². The van der Waals surface area contributed by atoms with Crippen molar-refractivity contribution in [1.82, 2.24) is 9.80 Å². The Labute approximate surface area is 168 Å². The number of hydrogen-bond donors (Lipinski definition) is 1. The molecule has 2 aliphatic carbocycles. The van der Waals surface area contributed by atoms with E-state index in [1.807, 2.05) is 9.80 Å². The lowest BCUT2D eigenvalue weighted by Crippen LogP contribution is -2.57. The molecule has 2 saturated carbocycles. The van der Waals surface area contributed by atoms with Gasteiger partial charge >= 0.3 is 0 Å². The molecule has 0 aromatic carbocycles. The van der Waals surface area contributed by atoms with Crippen LogP contribution in [0.4, 0.5) is 0 Å². The molecule has 6 nitrogen and oxygen atoms in total. The minimum atomic E-state index is -0.259. The highest BCUT2D eigenvalue weighted by molar-refractivity contribution is 5.89. The predicted octanol–water partition coefficient (Wildman–Crippen LogP) is 1.80. The van der Waals surface area contributed by atoms with Crippen LogP contribution in [-0.4, -0.2) is 66.5 Å². The highest BCUT2D eigenvalue weighted by atomic mass is 35.5. The first-order valence-electron chi connectivity index (χ1n) is 10.6. The molecule has 0 spiro atoms. The molecule has 154 valence electrons. The average Bonchev–Trinajstić information content (AvgIpc) is 2.67. The molecule has 0 radical (unpaired) electrons. The number of rotatable bonds is 2. The van der Waals surface area contributed by atoms with Gasteiger partial charge in [-0.3, -0.25) is 9.59 Å². The van der Waals surface area contributed by atoms with E-state index >= 15 is 0 Å². The number of piperidine rings is 1. The third-order valence-electron chi connectivity index (χ3n) is 7.16. The molecule has 7 heteroatoms. The standard InChI is InChI=1S/C20H33N3O3.ClH/c21-18-14-4-3-5-15(18)13-16(12-14)19(24)23-7-2-1-6-17(23)20(25)22-8-10-26-11-9-22;/h14-18H,1-13,21H2;1H. The van der Waals surface area contributed by atoms with Gasteiger partial charge in [0.1, 0.15) is 6.04 Å². The van der Waals surface area contributed by atoms with E-state index in [1.54, 1.807) is 0 Å². The molecule has 4 aliphatic rings. The summed E-state index contributed by atoms with van der Waals surface area (Å²) in [5.41, 5.74) is 6.40. The first-order valence-corrected chi connectivity index (χ1v) is 10.6. The normalized spacial score (nSPS) is 36.7. The Morgan fingerprint density at radius 1 is 0.852 bits per heavy atom. The van der Waals surface area contributed by atoms with E-state index in [0.717, 1.165) is 51.5 Å². The second-order valence-corrected chi connectivity index (χ2v) is 8.68. The molecule has 3 unspecified atom stereocenters. The highest BCUT2D eigenvalue weighted by Gasteiger charge is 2.44. The van der Waals surface area contributed by atoms with Gasteiger partial charge < -0.3 is 20.3 Å². The van der Waals surface area contributed by atoms with Gasteiger partial charge in [0, 0.05) is 31.6 Å². The smallest absolute Gasteiger partial charge is 0.245 e. The third kappa shape index (κ3) is 4.28. The molecule has 4 rings (SSSR count). The van der Waals surface area contributed by atoms with Crippen LogP contribution in [0.25, 0.3) is 0 Å². The molecule has 2 heterocycles. The van der Waals surface area contributed by atoms with Crippen LogP contribution in [0.2, 0.25) is 0 Å². The van der Waals surface area contributed by atoms with E-state index < -0.39 is 0 Å². The summed E-state index contributed by atoms with van der Waals surface area (Å²) < 4.78 is 5.37. The second-order valence-electron chi connectivity index (χ2n) is 8.68. The number of hydrogen-bond acceptors (Lipinski definition) is 4. The number of halogens is 1. The van der Waals surface area contributed by atoms with Crippen molar-refractivity contribution < 1.29 is 14.3 Å². The van der Waals surface area contributed by atoms with Crippen molar-refractivity contribution in [1.29, 1.82) is 0 Å². The van der Waals surface area contributed by atoms with Crippen LogP contribution in [0, 0.1) is 17.8 Å². The van der Waals surface area contributed by atoms with Gasteiger partial charge in [0.15, 0.2) is 0 Å². The molecular weight excluding hydrogens is 366 g/mol. The molecule has 27 heavy (non-hydrogen) atoms. The Hall–Kier alpha value is -0.850. The topological polar surface area (TPSA) is 75.9 Å². The summed E-state index contributed by atoms with van der Waals surface area (Å²) in [5.74, 6) is 1.42. The fourth-order valence-corrected chi connectivity index (χ4v) is 5.67. The van der Waals surface area contributed by atoms with Gasteiger partial charge in [-0.15, -0.1) is 12.4 Å². The zero-order valence-corrected chi connectivity index (χ0v) is 17.0. The summed E-state index contributed by atoms with van der Waals surface area (Å²) in [6.07, 6.45) is 8.28. The molecule has 0 aromatic heterocycles. The van der Waals surface area contributed by atoms with Gasteiger partial charge in [-0.25, -0.2) is 0 Å².